The smallest absolute Gasteiger partial charge is 0.227 e. The lowest BCUT2D eigenvalue weighted by Gasteiger charge is -2.33. The van der Waals surface area contributed by atoms with Crippen LogP contribution in [0.2, 0.25) is 5.02 Å². The third-order valence-electron chi connectivity index (χ3n) is 4.59. The number of likely N-dealkylation sites (N-methyl/N-ethyl adjacent to an activating group) is 1. The van der Waals surface area contributed by atoms with Gasteiger partial charge in [0.05, 0.1) is 12.5 Å². The van der Waals surface area contributed by atoms with E-state index in [0.717, 1.165) is 19.3 Å². The summed E-state index contributed by atoms with van der Waals surface area (Å²) in [6, 6.07) is 12.8. The molecule has 23 heavy (non-hydrogen) atoms. The number of nitrogens with zero attached hydrogens (tertiary/aromatic N) is 1. The summed E-state index contributed by atoms with van der Waals surface area (Å²) in [5.41, 5.74) is 2.77. The zero-order valence-corrected chi connectivity index (χ0v) is 13.8. The number of carbonyl (C=O) groups excluding carboxylic acids is 1. The Morgan fingerprint density at radius 3 is 2.83 bits per heavy atom. The van der Waals surface area contributed by atoms with Crippen molar-refractivity contribution in [2.75, 3.05) is 7.05 Å². The van der Waals surface area contributed by atoms with Crippen LogP contribution in [0.15, 0.2) is 42.5 Å². The Morgan fingerprint density at radius 1 is 1.26 bits per heavy atom. The summed E-state index contributed by atoms with van der Waals surface area (Å²) in [7, 11) is 1.80. The fraction of sp³-hybridized carbons (Fsp3) is 0.316. The number of hydrogen-bond acceptors (Lipinski definition) is 1. The molecule has 0 aromatic heterocycles. The summed E-state index contributed by atoms with van der Waals surface area (Å²) in [4.78, 5) is 14.4. The first-order valence-electron chi connectivity index (χ1n) is 7.84. The van der Waals surface area contributed by atoms with Gasteiger partial charge < -0.3 is 4.90 Å². The van der Waals surface area contributed by atoms with E-state index >= 15 is 0 Å². The highest BCUT2D eigenvalue weighted by Crippen LogP contribution is 2.34. The second kappa shape index (κ2) is 6.71. The van der Waals surface area contributed by atoms with Crippen LogP contribution < -0.4 is 0 Å². The first-order chi connectivity index (χ1) is 11.1. The van der Waals surface area contributed by atoms with E-state index in [2.05, 4.69) is 12.1 Å². The molecule has 4 heteroatoms. The van der Waals surface area contributed by atoms with E-state index in [1.54, 1.807) is 24.1 Å². The van der Waals surface area contributed by atoms with Gasteiger partial charge in [-0.15, -0.1) is 0 Å². The zero-order chi connectivity index (χ0) is 16.4. The average Bonchev–Trinajstić information content (AvgIpc) is 2.57. The first kappa shape index (κ1) is 16.0. The van der Waals surface area contributed by atoms with Gasteiger partial charge >= 0.3 is 0 Å². The van der Waals surface area contributed by atoms with Gasteiger partial charge in [-0.2, -0.15) is 0 Å². The quantitative estimate of drug-likeness (QED) is 0.807. The Bertz CT molecular complexity index is 711. The average molecular weight is 332 g/mol. The van der Waals surface area contributed by atoms with Crippen LogP contribution in [0.3, 0.4) is 0 Å². The predicted molar refractivity (Wildman–Crippen MR) is 90.0 cm³/mol. The van der Waals surface area contributed by atoms with Crippen LogP contribution >= 0.6 is 11.6 Å². The van der Waals surface area contributed by atoms with Gasteiger partial charge in [-0.3, -0.25) is 4.79 Å². The molecule has 2 aromatic carbocycles. The minimum atomic E-state index is -0.428. The van der Waals surface area contributed by atoms with E-state index in [1.165, 1.54) is 17.2 Å². The van der Waals surface area contributed by atoms with Crippen LogP contribution in [0, 0.1) is 5.82 Å². The number of hydrogen-bond donors (Lipinski definition) is 0. The molecule has 2 aromatic rings. The van der Waals surface area contributed by atoms with Crippen molar-refractivity contribution in [3.63, 3.8) is 0 Å². The number of aryl methyl sites for hydroxylation is 1. The van der Waals surface area contributed by atoms with Gasteiger partial charge in [0.2, 0.25) is 5.91 Å². The number of benzene rings is 2. The molecule has 3 rings (SSSR count). The Morgan fingerprint density at radius 2 is 2.04 bits per heavy atom. The van der Waals surface area contributed by atoms with Gasteiger partial charge in [0.15, 0.2) is 0 Å². The molecule has 0 N–H and O–H groups in total. The summed E-state index contributed by atoms with van der Waals surface area (Å²) in [5, 5.41) is 0.302. The van der Waals surface area contributed by atoms with Crippen molar-refractivity contribution < 1.29 is 9.18 Å². The van der Waals surface area contributed by atoms with Crippen molar-refractivity contribution in [1.29, 1.82) is 0 Å². The molecular formula is C19H19ClFNO. The van der Waals surface area contributed by atoms with Crippen molar-refractivity contribution in [3.8, 4) is 0 Å². The van der Waals surface area contributed by atoms with Crippen LogP contribution in [0.25, 0.3) is 0 Å². The van der Waals surface area contributed by atoms with Crippen molar-refractivity contribution >= 4 is 17.5 Å². The molecule has 0 fully saturated rings. The highest BCUT2D eigenvalue weighted by molar-refractivity contribution is 6.31. The molecule has 0 spiro atoms. The molecule has 0 saturated heterocycles. The van der Waals surface area contributed by atoms with Crippen LogP contribution in [0.1, 0.15) is 35.6 Å². The van der Waals surface area contributed by atoms with Crippen LogP contribution in [-0.4, -0.2) is 17.9 Å². The maximum absolute atomic E-state index is 13.9. The van der Waals surface area contributed by atoms with E-state index in [0.29, 0.717) is 5.02 Å². The predicted octanol–water partition coefficient (Wildman–Crippen LogP) is 4.56. The van der Waals surface area contributed by atoms with Crippen LogP contribution in [0.5, 0.6) is 0 Å². The fourth-order valence-electron chi connectivity index (χ4n) is 3.28. The molecule has 0 saturated carbocycles. The summed E-state index contributed by atoms with van der Waals surface area (Å²) in [5.74, 6) is -0.540. The molecule has 120 valence electrons. The second-order valence-corrected chi connectivity index (χ2v) is 6.40. The number of rotatable bonds is 3. The number of amides is 1. The molecule has 1 amide bonds. The Hall–Kier alpha value is -1.87. The fourth-order valence-corrected chi connectivity index (χ4v) is 3.51. The first-order valence-corrected chi connectivity index (χ1v) is 8.22. The Kier molecular flexibility index (Phi) is 4.67. The number of carbonyl (C=O) groups is 1. The summed E-state index contributed by atoms with van der Waals surface area (Å²) >= 11 is 6.03. The van der Waals surface area contributed by atoms with Gasteiger partial charge in [-0.1, -0.05) is 41.9 Å². The van der Waals surface area contributed by atoms with E-state index < -0.39 is 5.82 Å². The second-order valence-electron chi connectivity index (χ2n) is 5.99. The third kappa shape index (κ3) is 3.25. The van der Waals surface area contributed by atoms with Gasteiger partial charge in [-0.05, 0) is 42.5 Å². The standard InChI is InChI=1S/C19H19ClFNO/c1-22(18-11-4-7-13-6-2-3-8-14(13)18)19(23)12-15-16(20)9-5-10-17(15)21/h2-3,5-6,8-10,18H,4,7,11-12H2,1H3/t18-/m1/s1. The SMILES string of the molecule is CN(C(=O)Cc1c(F)cccc1Cl)[C@@H]1CCCc2ccccc21. The van der Waals surface area contributed by atoms with E-state index in [1.807, 2.05) is 12.1 Å². The van der Waals surface area contributed by atoms with Gasteiger partial charge in [0.1, 0.15) is 5.82 Å². The lowest BCUT2D eigenvalue weighted by molar-refractivity contribution is -0.131. The number of fused-ring (bicyclic) bond motifs is 1. The van der Waals surface area contributed by atoms with Crippen molar-refractivity contribution in [1.82, 2.24) is 4.90 Å². The van der Waals surface area contributed by atoms with Crippen molar-refractivity contribution in [3.05, 3.63) is 70.0 Å². The minimum Gasteiger partial charge on any atom is -0.338 e. The maximum atomic E-state index is 13.9. The van der Waals surface area contributed by atoms with E-state index in [-0.39, 0.29) is 23.9 Å². The molecule has 1 atom stereocenters. The molecule has 0 unspecified atom stereocenters. The molecule has 1 aliphatic carbocycles. The Labute approximate surface area is 140 Å². The Balaban J connectivity index is 1.81. The molecular weight excluding hydrogens is 313 g/mol. The molecule has 2 nitrogen and oxygen atoms in total. The van der Waals surface area contributed by atoms with Crippen LogP contribution in [-0.2, 0) is 17.6 Å². The third-order valence-corrected chi connectivity index (χ3v) is 4.94. The monoisotopic (exact) mass is 331 g/mol. The van der Waals surface area contributed by atoms with Gasteiger partial charge in [0.25, 0.3) is 0 Å². The van der Waals surface area contributed by atoms with E-state index in [4.69, 9.17) is 11.6 Å². The zero-order valence-electron chi connectivity index (χ0n) is 13.1. The molecule has 0 aliphatic heterocycles. The normalized spacial score (nSPS) is 16.7. The minimum absolute atomic E-state index is 0.0132. The topological polar surface area (TPSA) is 20.3 Å². The van der Waals surface area contributed by atoms with E-state index in [9.17, 15) is 9.18 Å². The van der Waals surface area contributed by atoms with Crippen LogP contribution in [0.4, 0.5) is 4.39 Å². The largest absolute Gasteiger partial charge is 0.338 e. The van der Waals surface area contributed by atoms with Crippen molar-refractivity contribution in [2.24, 2.45) is 0 Å². The maximum Gasteiger partial charge on any atom is 0.227 e. The molecule has 0 bridgehead atoms. The van der Waals surface area contributed by atoms with Crippen molar-refractivity contribution in [2.45, 2.75) is 31.7 Å². The number of halogens is 2. The lowest BCUT2D eigenvalue weighted by Crippen LogP contribution is -2.34. The molecule has 0 heterocycles. The van der Waals surface area contributed by atoms with Gasteiger partial charge in [-0.25, -0.2) is 4.39 Å². The van der Waals surface area contributed by atoms with Gasteiger partial charge in [0, 0.05) is 17.6 Å². The summed E-state index contributed by atoms with van der Waals surface area (Å²) in [6.07, 6.45) is 3.03. The highest BCUT2D eigenvalue weighted by atomic mass is 35.5. The highest BCUT2D eigenvalue weighted by Gasteiger charge is 2.27. The summed E-state index contributed by atoms with van der Waals surface area (Å²) in [6.45, 7) is 0. The lowest BCUT2D eigenvalue weighted by atomic mass is 9.87. The molecule has 0 radical (unpaired) electrons. The summed E-state index contributed by atoms with van der Waals surface area (Å²) < 4.78 is 13.9. The molecule has 1 aliphatic rings.